The first-order valence-electron chi connectivity index (χ1n) is 9.88. The van der Waals surface area contributed by atoms with Crippen molar-refractivity contribution in [3.05, 3.63) is 90.2 Å². The van der Waals surface area contributed by atoms with Crippen molar-refractivity contribution in [2.75, 3.05) is 22.1 Å². The van der Waals surface area contributed by atoms with Crippen molar-refractivity contribution in [3.63, 3.8) is 0 Å². The molecule has 152 valence electrons. The van der Waals surface area contributed by atoms with Crippen molar-refractivity contribution >= 4 is 28.9 Å². The van der Waals surface area contributed by atoms with Gasteiger partial charge in [0.25, 0.3) is 5.91 Å². The molecule has 0 aromatic heterocycles. The molecule has 30 heavy (non-hydrogen) atoms. The van der Waals surface area contributed by atoms with E-state index in [0.717, 1.165) is 23.4 Å². The summed E-state index contributed by atoms with van der Waals surface area (Å²) >= 11 is 0. The number of nitrogens with zero attached hydrogens (tertiary/aromatic N) is 1. The highest BCUT2D eigenvalue weighted by Crippen LogP contribution is 2.27. The van der Waals surface area contributed by atoms with Gasteiger partial charge >= 0.3 is 0 Å². The van der Waals surface area contributed by atoms with E-state index in [2.05, 4.69) is 10.6 Å². The summed E-state index contributed by atoms with van der Waals surface area (Å²) < 4.78 is 13.2. The number of hydrogen-bond acceptors (Lipinski definition) is 3. The quantitative estimate of drug-likeness (QED) is 0.625. The summed E-state index contributed by atoms with van der Waals surface area (Å²) in [5, 5.41) is 6.11. The first-order valence-corrected chi connectivity index (χ1v) is 9.88. The Kier molecular flexibility index (Phi) is 5.75. The average Bonchev–Trinajstić information content (AvgIpc) is 3.20. The smallest absolute Gasteiger partial charge is 0.251 e. The van der Waals surface area contributed by atoms with Crippen molar-refractivity contribution in [2.45, 2.75) is 18.9 Å². The fourth-order valence-corrected chi connectivity index (χ4v) is 3.54. The molecule has 0 unspecified atom stereocenters. The first-order chi connectivity index (χ1) is 14.6. The molecule has 5 nitrogen and oxygen atoms in total. The molecule has 0 aliphatic carbocycles. The van der Waals surface area contributed by atoms with Gasteiger partial charge in [0.1, 0.15) is 11.9 Å². The topological polar surface area (TPSA) is 61.4 Å². The van der Waals surface area contributed by atoms with Crippen LogP contribution in [0.15, 0.2) is 78.9 Å². The summed E-state index contributed by atoms with van der Waals surface area (Å²) in [7, 11) is 0. The third kappa shape index (κ3) is 4.49. The number of halogens is 1. The maximum atomic E-state index is 13.2. The predicted molar refractivity (Wildman–Crippen MR) is 116 cm³/mol. The van der Waals surface area contributed by atoms with E-state index in [-0.39, 0.29) is 17.6 Å². The zero-order valence-corrected chi connectivity index (χ0v) is 16.3. The fourth-order valence-electron chi connectivity index (χ4n) is 3.54. The van der Waals surface area contributed by atoms with Gasteiger partial charge in [-0.1, -0.05) is 36.4 Å². The van der Waals surface area contributed by atoms with Crippen LogP contribution in [0.5, 0.6) is 0 Å². The Morgan fingerprint density at radius 1 is 0.933 bits per heavy atom. The van der Waals surface area contributed by atoms with E-state index < -0.39 is 6.04 Å². The summed E-state index contributed by atoms with van der Waals surface area (Å²) in [4.78, 5) is 26.9. The molecule has 0 spiro atoms. The van der Waals surface area contributed by atoms with E-state index in [4.69, 9.17) is 0 Å². The number of benzene rings is 3. The number of nitrogens with one attached hydrogen (secondary N) is 2. The van der Waals surface area contributed by atoms with Gasteiger partial charge in [0.2, 0.25) is 5.91 Å². The molecule has 3 aromatic rings. The standard InChI is InChI=1S/C24H22FN3O2/c25-18-11-13-19(14-12-18)27-24(30)23(17-6-2-1-3-7-17)26-20-8-4-9-21(16-20)28-15-5-10-22(28)29/h1-4,6-9,11-14,16,23,26H,5,10,15H2,(H,27,30)/t23-/m0/s1. The van der Waals surface area contributed by atoms with Crippen LogP contribution in [0.25, 0.3) is 0 Å². The number of carbonyl (C=O) groups is 2. The van der Waals surface area contributed by atoms with Crippen LogP contribution >= 0.6 is 0 Å². The van der Waals surface area contributed by atoms with Gasteiger partial charge in [0, 0.05) is 30.0 Å². The van der Waals surface area contributed by atoms with Crippen LogP contribution in [0, 0.1) is 5.82 Å². The Balaban J connectivity index is 1.58. The van der Waals surface area contributed by atoms with Gasteiger partial charge in [-0.15, -0.1) is 0 Å². The lowest BCUT2D eigenvalue weighted by atomic mass is 10.1. The number of rotatable bonds is 6. The van der Waals surface area contributed by atoms with E-state index in [1.165, 1.54) is 24.3 Å². The van der Waals surface area contributed by atoms with Gasteiger partial charge in [0.15, 0.2) is 0 Å². The lowest BCUT2D eigenvalue weighted by Crippen LogP contribution is -2.27. The highest BCUT2D eigenvalue weighted by molar-refractivity contribution is 5.98. The molecule has 2 amide bonds. The maximum absolute atomic E-state index is 13.2. The Labute approximate surface area is 174 Å². The minimum atomic E-state index is -0.666. The Morgan fingerprint density at radius 3 is 2.40 bits per heavy atom. The Bertz CT molecular complexity index is 1040. The second kappa shape index (κ2) is 8.78. The number of hydrogen-bond donors (Lipinski definition) is 2. The van der Waals surface area contributed by atoms with Crippen LogP contribution in [0.4, 0.5) is 21.5 Å². The van der Waals surface area contributed by atoms with Crippen LogP contribution in [0.3, 0.4) is 0 Å². The molecule has 1 heterocycles. The molecule has 1 atom stereocenters. The van der Waals surface area contributed by atoms with Crippen LogP contribution in [-0.2, 0) is 9.59 Å². The molecule has 0 radical (unpaired) electrons. The molecule has 3 aromatic carbocycles. The van der Waals surface area contributed by atoms with E-state index in [9.17, 15) is 14.0 Å². The SMILES string of the molecule is O=C(Nc1ccc(F)cc1)[C@@H](Nc1cccc(N2CCCC2=O)c1)c1ccccc1. The lowest BCUT2D eigenvalue weighted by molar-refractivity contribution is -0.117. The van der Waals surface area contributed by atoms with Crippen molar-refractivity contribution in [2.24, 2.45) is 0 Å². The molecule has 0 saturated carbocycles. The maximum Gasteiger partial charge on any atom is 0.251 e. The zero-order chi connectivity index (χ0) is 20.9. The highest BCUT2D eigenvalue weighted by Gasteiger charge is 2.24. The van der Waals surface area contributed by atoms with Gasteiger partial charge in [0.05, 0.1) is 0 Å². The van der Waals surface area contributed by atoms with E-state index in [1.54, 1.807) is 4.90 Å². The molecular formula is C24H22FN3O2. The van der Waals surface area contributed by atoms with Crippen LogP contribution in [-0.4, -0.2) is 18.4 Å². The molecule has 1 fully saturated rings. The van der Waals surface area contributed by atoms with Crippen LogP contribution in [0.2, 0.25) is 0 Å². The summed E-state index contributed by atoms with van der Waals surface area (Å²) in [6.45, 7) is 0.704. The molecule has 2 N–H and O–H groups in total. The van der Waals surface area contributed by atoms with Crippen LogP contribution in [0.1, 0.15) is 24.4 Å². The minimum Gasteiger partial charge on any atom is -0.370 e. The molecule has 1 aliphatic heterocycles. The van der Waals surface area contributed by atoms with Crippen LogP contribution < -0.4 is 15.5 Å². The first kappa shape index (κ1) is 19.6. The van der Waals surface area contributed by atoms with Gasteiger partial charge in [-0.05, 0) is 54.4 Å². The molecule has 0 bridgehead atoms. The van der Waals surface area contributed by atoms with E-state index in [0.29, 0.717) is 18.7 Å². The van der Waals surface area contributed by atoms with Crippen molar-refractivity contribution < 1.29 is 14.0 Å². The monoisotopic (exact) mass is 403 g/mol. The molecule has 1 saturated heterocycles. The van der Waals surface area contributed by atoms with E-state index >= 15 is 0 Å². The molecule has 1 aliphatic rings. The summed E-state index contributed by atoms with van der Waals surface area (Å²) in [6.07, 6.45) is 1.41. The summed E-state index contributed by atoms with van der Waals surface area (Å²) in [5.41, 5.74) is 2.85. The third-order valence-electron chi connectivity index (χ3n) is 5.05. The predicted octanol–water partition coefficient (Wildman–Crippen LogP) is 4.74. The van der Waals surface area contributed by atoms with Gasteiger partial charge in [-0.2, -0.15) is 0 Å². The summed E-state index contributed by atoms with van der Waals surface area (Å²) in [6, 6.07) is 21.9. The second-order valence-corrected chi connectivity index (χ2v) is 7.18. The number of amides is 2. The Hall–Kier alpha value is -3.67. The fraction of sp³-hybridized carbons (Fsp3) is 0.167. The van der Waals surface area contributed by atoms with Gasteiger partial charge in [-0.3, -0.25) is 9.59 Å². The molecule has 6 heteroatoms. The zero-order valence-electron chi connectivity index (χ0n) is 16.3. The minimum absolute atomic E-state index is 0.112. The van der Waals surface area contributed by atoms with Crippen molar-refractivity contribution in [1.82, 2.24) is 0 Å². The number of anilines is 3. The van der Waals surface area contributed by atoms with Gasteiger partial charge in [-0.25, -0.2) is 4.39 Å². The third-order valence-corrected chi connectivity index (χ3v) is 5.05. The normalized spacial score (nSPS) is 14.4. The number of carbonyl (C=O) groups excluding carboxylic acids is 2. The highest BCUT2D eigenvalue weighted by atomic mass is 19.1. The average molecular weight is 403 g/mol. The molecule has 4 rings (SSSR count). The Morgan fingerprint density at radius 2 is 1.70 bits per heavy atom. The van der Waals surface area contributed by atoms with Gasteiger partial charge < -0.3 is 15.5 Å². The summed E-state index contributed by atoms with van der Waals surface area (Å²) in [5.74, 6) is -0.518. The van der Waals surface area contributed by atoms with Crippen molar-refractivity contribution in [1.29, 1.82) is 0 Å². The lowest BCUT2D eigenvalue weighted by Gasteiger charge is -2.22. The molecular weight excluding hydrogens is 381 g/mol. The van der Waals surface area contributed by atoms with Crippen molar-refractivity contribution in [3.8, 4) is 0 Å². The second-order valence-electron chi connectivity index (χ2n) is 7.18. The van der Waals surface area contributed by atoms with E-state index in [1.807, 2.05) is 54.6 Å². The largest absolute Gasteiger partial charge is 0.370 e.